The summed E-state index contributed by atoms with van der Waals surface area (Å²) in [6, 6.07) is 7.81. The lowest BCUT2D eigenvalue weighted by Gasteiger charge is -2.16. The average Bonchev–Trinajstić information content (AvgIpc) is 2.68. The van der Waals surface area contributed by atoms with Crippen LogP contribution in [-0.4, -0.2) is 12.1 Å². The van der Waals surface area contributed by atoms with Crippen molar-refractivity contribution in [3.8, 4) is 0 Å². The first-order valence-electron chi connectivity index (χ1n) is 7.26. The molecule has 0 amide bonds. The standard InChI is InChI=1S/C16H23NO2/c17-12-14-8-6-5-7-13(14)11-16(18)19-15-9-3-1-2-4-10-15/h5-8,15H,1-4,9-12,17H2. The number of benzene rings is 1. The van der Waals surface area contributed by atoms with Gasteiger partial charge in [0.25, 0.3) is 0 Å². The first-order chi connectivity index (χ1) is 9.29. The molecule has 3 heteroatoms. The number of nitrogens with two attached hydrogens (primary N) is 1. The quantitative estimate of drug-likeness (QED) is 0.669. The van der Waals surface area contributed by atoms with Crippen LogP contribution in [0.2, 0.25) is 0 Å². The predicted molar refractivity (Wildman–Crippen MR) is 75.6 cm³/mol. The third-order valence-electron chi connectivity index (χ3n) is 3.77. The molecule has 2 N–H and O–H groups in total. The summed E-state index contributed by atoms with van der Waals surface area (Å²) >= 11 is 0. The Hall–Kier alpha value is -1.35. The molecular formula is C16H23NO2. The maximum absolute atomic E-state index is 12.0. The summed E-state index contributed by atoms with van der Waals surface area (Å²) in [4.78, 5) is 12.0. The second kappa shape index (κ2) is 7.29. The predicted octanol–water partition coefficient (Wildman–Crippen LogP) is 2.95. The molecule has 1 aliphatic carbocycles. The van der Waals surface area contributed by atoms with Gasteiger partial charge in [-0.15, -0.1) is 0 Å². The second-order valence-electron chi connectivity index (χ2n) is 5.25. The van der Waals surface area contributed by atoms with Crippen LogP contribution in [0.15, 0.2) is 24.3 Å². The lowest BCUT2D eigenvalue weighted by atomic mass is 10.0. The lowest BCUT2D eigenvalue weighted by molar-refractivity contribution is -0.148. The molecular weight excluding hydrogens is 238 g/mol. The molecule has 0 heterocycles. The van der Waals surface area contributed by atoms with Gasteiger partial charge < -0.3 is 10.5 Å². The lowest BCUT2D eigenvalue weighted by Crippen LogP contribution is -2.19. The molecule has 0 saturated heterocycles. The Morgan fingerprint density at radius 2 is 1.74 bits per heavy atom. The van der Waals surface area contributed by atoms with Crippen molar-refractivity contribution in [3.05, 3.63) is 35.4 Å². The van der Waals surface area contributed by atoms with Gasteiger partial charge >= 0.3 is 5.97 Å². The van der Waals surface area contributed by atoms with Crippen LogP contribution in [0.3, 0.4) is 0 Å². The number of hydrogen-bond donors (Lipinski definition) is 1. The number of esters is 1. The topological polar surface area (TPSA) is 52.3 Å². The Bertz CT molecular complexity index is 409. The van der Waals surface area contributed by atoms with E-state index in [1.165, 1.54) is 25.7 Å². The summed E-state index contributed by atoms with van der Waals surface area (Å²) in [6.07, 6.45) is 7.39. The van der Waals surface area contributed by atoms with Crippen molar-refractivity contribution in [2.24, 2.45) is 5.73 Å². The molecule has 104 valence electrons. The Kier molecular flexibility index (Phi) is 5.40. The van der Waals surface area contributed by atoms with Gasteiger partial charge in [0.05, 0.1) is 6.42 Å². The highest BCUT2D eigenvalue weighted by molar-refractivity contribution is 5.73. The molecule has 19 heavy (non-hydrogen) atoms. The fourth-order valence-electron chi connectivity index (χ4n) is 2.67. The van der Waals surface area contributed by atoms with Crippen LogP contribution in [0.5, 0.6) is 0 Å². The molecule has 1 fully saturated rings. The van der Waals surface area contributed by atoms with E-state index in [0.29, 0.717) is 13.0 Å². The average molecular weight is 261 g/mol. The van der Waals surface area contributed by atoms with Crippen LogP contribution in [-0.2, 0) is 22.5 Å². The maximum atomic E-state index is 12.0. The fourth-order valence-corrected chi connectivity index (χ4v) is 2.67. The zero-order valence-corrected chi connectivity index (χ0v) is 11.4. The van der Waals surface area contributed by atoms with E-state index in [1.54, 1.807) is 0 Å². The fraction of sp³-hybridized carbons (Fsp3) is 0.562. The first kappa shape index (κ1) is 14.1. The third kappa shape index (κ3) is 4.35. The van der Waals surface area contributed by atoms with E-state index >= 15 is 0 Å². The van der Waals surface area contributed by atoms with Crippen molar-refractivity contribution in [2.75, 3.05) is 0 Å². The molecule has 0 aromatic heterocycles. The Labute approximate surface area is 115 Å². The van der Waals surface area contributed by atoms with Gasteiger partial charge in [-0.2, -0.15) is 0 Å². The van der Waals surface area contributed by atoms with Crippen molar-refractivity contribution >= 4 is 5.97 Å². The largest absolute Gasteiger partial charge is 0.462 e. The van der Waals surface area contributed by atoms with E-state index < -0.39 is 0 Å². The molecule has 3 nitrogen and oxygen atoms in total. The first-order valence-corrected chi connectivity index (χ1v) is 7.26. The molecule has 2 rings (SSSR count). The van der Waals surface area contributed by atoms with Crippen LogP contribution >= 0.6 is 0 Å². The molecule has 0 radical (unpaired) electrons. The number of carbonyl (C=O) groups excluding carboxylic acids is 1. The molecule has 1 aromatic carbocycles. The maximum Gasteiger partial charge on any atom is 0.310 e. The Morgan fingerprint density at radius 1 is 1.11 bits per heavy atom. The Morgan fingerprint density at radius 3 is 2.37 bits per heavy atom. The molecule has 0 unspecified atom stereocenters. The summed E-state index contributed by atoms with van der Waals surface area (Å²) in [5, 5.41) is 0. The van der Waals surface area contributed by atoms with Gasteiger partial charge in [0.15, 0.2) is 0 Å². The van der Waals surface area contributed by atoms with Crippen LogP contribution in [0.25, 0.3) is 0 Å². The van der Waals surface area contributed by atoms with E-state index in [2.05, 4.69) is 0 Å². The molecule has 1 saturated carbocycles. The summed E-state index contributed by atoms with van der Waals surface area (Å²) in [6.45, 7) is 0.465. The van der Waals surface area contributed by atoms with Gasteiger partial charge in [-0.3, -0.25) is 4.79 Å². The van der Waals surface area contributed by atoms with Crippen LogP contribution in [0.4, 0.5) is 0 Å². The van der Waals surface area contributed by atoms with Crippen LogP contribution < -0.4 is 5.73 Å². The smallest absolute Gasteiger partial charge is 0.310 e. The van der Waals surface area contributed by atoms with E-state index in [4.69, 9.17) is 10.5 Å². The third-order valence-corrected chi connectivity index (χ3v) is 3.77. The van der Waals surface area contributed by atoms with E-state index in [-0.39, 0.29) is 12.1 Å². The minimum absolute atomic E-state index is 0.118. The minimum Gasteiger partial charge on any atom is -0.462 e. The zero-order chi connectivity index (χ0) is 13.5. The summed E-state index contributed by atoms with van der Waals surface area (Å²) < 4.78 is 5.59. The van der Waals surface area contributed by atoms with Crippen molar-refractivity contribution < 1.29 is 9.53 Å². The van der Waals surface area contributed by atoms with Crippen LogP contribution in [0, 0.1) is 0 Å². The van der Waals surface area contributed by atoms with Gasteiger partial charge in [0, 0.05) is 6.54 Å². The van der Waals surface area contributed by atoms with Crippen molar-refractivity contribution in [2.45, 2.75) is 57.6 Å². The van der Waals surface area contributed by atoms with Crippen molar-refractivity contribution in [3.63, 3.8) is 0 Å². The van der Waals surface area contributed by atoms with Crippen molar-refractivity contribution in [1.82, 2.24) is 0 Å². The highest BCUT2D eigenvalue weighted by atomic mass is 16.5. The normalized spacial score (nSPS) is 16.9. The molecule has 0 aliphatic heterocycles. The van der Waals surface area contributed by atoms with E-state index in [9.17, 15) is 4.79 Å². The molecule has 1 aromatic rings. The van der Waals surface area contributed by atoms with Gasteiger partial charge in [-0.1, -0.05) is 37.1 Å². The highest BCUT2D eigenvalue weighted by Crippen LogP contribution is 2.20. The highest BCUT2D eigenvalue weighted by Gasteiger charge is 2.17. The summed E-state index contributed by atoms with van der Waals surface area (Å²) in [7, 11) is 0. The van der Waals surface area contributed by atoms with Gasteiger partial charge in [-0.05, 0) is 36.8 Å². The monoisotopic (exact) mass is 261 g/mol. The van der Waals surface area contributed by atoms with Gasteiger partial charge in [0.2, 0.25) is 0 Å². The SMILES string of the molecule is NCc1ccccc1CC(=O)OC1CCCCCC1. The number of hydrogen-bond acceptors (Lipinski definition) is 3. The number of ether oxygens (including phenoxy) is 1. The number of carbonyl (C=O) groups is 1. The molecule has 1 aliphatic rings. The summed E-state index contributed by atoms with van der Waals surface area (Å²) in [5.74, 6) is -0.118. The number of rotatable bonds is 4. The Balaban J connectivity index is 1.89. The van der Waals surface area contributed by atoms with Gasteiger partial charge in [0.1, 0.15) is 6.10 Å². The van der Waals surface area contributed by atoms with E-state index in [1.807, 2.05) is 24.3 Å². The molecule has 0 spiro atoms. The molecule has 0 bridgehead atoms. The minimum atomic E-state index is -0.118. The van der Waals surface area contributed by atoms with Crippen molar-refractivity contribution in [1.29, 1.82) is 0 Å². The van der Waals surface area contributed by atoms with Crippen LogP contribution in [0.1, 0.15) is 49.7 Å². The summed E-state index contributed by atoms with van der Waals surface area (Å²) in [5.41, 5.74) is 7.70. The zero-order valence-electron chi connectivity index (χ0n) is 11.4. The second-order valence-corrected chi connectivity index (χ2v) is 5.25. The van der Waals surface area contributed by atoms with E-state index in [0.717, 1.165) is 24.0 Å². The van der Waals surface area contributed by atoms with Gasteiger partial charge in [-0.25, -0.2) is 0 Å². The molecule has 0 atom stereocenters.